The molecule has 4 nitrogen and oxygen atoms in total. The first-order chi connectivity index (χ1) is 9.02. The second-order valence-electron chi connectivity index (χ2n) is 5.39. The minimum Gasteiger partial charge on any atom is -0.409 e. The molecule has 1 unspecified atom stereocenters. The number of halogens is 1. The molecule has 0 aliphatic carbocycles. The number of nitrogens with zero attached hydrogens (tertiary/aromatic N) is 2. The highest BCUT2D eigenvalue weighted by Crippen LogP contribution is 2.32. The van der Waals surface area contributed by atoms with Crippen LogP contribution in [0.4, 0.5) is 5.69 Å². The molecule has 0 radical (unpaired) electrons. The fraction of sp³-hybridized carbons (Fsp3) is 0.500. The summed E-state index contributed by atoms with van der Waals surface area (Å²) in [5.74, 6) is 1.47. The maximum Gasteiger partial charge on any atom is 0.172 e. The van der Waals surface area contributed by atoms with Gasteiger partial charge in [-0.15, -0.1) is 0 Å². The van der Waals surface area contributed by atoms with E-state index in [1.165, 1.54) is 6.42 Å². The van der Waals surface area contributed by atoms with Gasteiger partial charge in [-0.1, -0.05) is 30.6 Å². The number of benzene rings is 1. The fourth-order valence-electron chi connectivity index (χ4n) is 2.59. The molecule has 104 valence electrons. The summed E-state index contributed by atoms with van der Waals surface area (Å²) in [6.07, 6.45) is 1.17. The summed E-state index contributed by atoms with van der Waals surface area (Å²) in [5.41, 5.74) is 7.42. The molecule has 5 heteroatoms. The monoisotopic (exact) mass is 281 g/mol. The summed E-state index contributed by atoms with van der Waals surface area (Å²) in [6, 6.07) is 5.45. The van der Waals surface area contributed by atoms with Crippen molar-refractivity contribution in [1.82, 2.24) is 0 Å². The van der Waals surface area contributed by atoms with Crippen LogP contribution in [-0.4, -0.2) is 24.1 Å². The van der Waals surface area contributed by atoms with Crippen molar-refractivity contribution in [3.8, 4) is 0 Å². The Kier molecular flexibility index (Phi) is 4.20. The van der Waals surface area contributed by atoms with Gasteiger partial charge < -0.3 is 15.8 Å². The van der Waals surface area contributed by atoms with Crippen molar-refractivity contribution >= 4 is 23.1 Å². The summed E-state index contributed by atoms with van der Waals surface area (Å²) >= 11 is 6.07. The van der Waals surface area contributed by atoms with Crippen LogP contribution < -0.4 is 10.6 Å². The lowest BCUT2D eigenvalue weighted by Crippen LogP contribution is -2.25. The van der Waals surface area contributed by atoms with Crippen molar-refractivity contribution in [3.05, 3.63) is 28.8 Å². The smallest absolute Gasteiger partial charge is 0.172 e. The third-order valence-electron chi connectivity index (χ3n) is 3.85. The van der Waals surface area contributed by atoms with Gasteiger partial charge in [0.25, 0.3) is 0 Å². The van der Waals surface area contributed by atoms with E-state index in [1.54, 1.807) is 12.1 Å². The van der Waals surface area contributed by atoms with E-state index in [9.17, 15) is 0 Å². The van der Waals surface area contributed by atoms with Crippen molar-refractivity contribution in [2.75, 3.05) is 18.0 Å². The highest BCUT2D eigenvalue weighted by molar-refractivity contribution is 6.31. The zero-order chi connectivity index (χ0) is 14.0. The van der Waals surface area contributed by atoms with Gasteiger partial charge >= 0.3 is 0 Å². The van der Waals surface area contributed by atoms with Crippen LogP contribution in [0.2, 0.25) is 5.02 Å². The largest absolute Gasteiger partial charge is 0.409 e. The van der Waals surface area contributed by atoms with E-state index in [0.29, 0.717) is 16.9 Å². The standard InChI is InChI=1S/C14H20ClN3O/c1-9(2)10-5-6-18(8-10)13-7-11(15)3-4-12(13)14(16)17-19/h3-4,7,9-10,19H,5-6,8H2,1-2H3,(H2,16,17). The number of anilines is 1. The Labute approximate surface area is 118 Å². The Morgan fingerprint density at radius 1 is 1.53 bits per heavy atom. The van der Waals surface area contributed by atoms with Crippen molar-refractivity contribution < 1.29 is 5.21 Å². The number of amidine groups is 1. The lowest BCUT2D eigenvalue weighted by atomic mass is 9.95. The van der Waals surface area contributed by atoms with E-state index in [-0.39, 0.29) is 5.84 Å². The Hall–Kier alpha value is -1.42. The maximum atomic E-state index is 8.88. The molecule has 1 atom stereocenters. The van der Waals surface area contributed by atoms with Crippen LogP contribution in [0.25, 0.3) is 0 Å². The SMILES string of the molecule is CC(C)C1CCN(c2cc(Cl)ccc2/C(N)=N/O)C1. The summed E-state index contributed by atoms with van der Waals surface area (Å²) in [6.45, 7) is 6.46. The molecule has 0 amide bonds. The zero-order valence-electron chi connectivity index (χ0n) is 11.3. The fourth-order valence-corrected chi connectivity index (χ4v) is 2.75. The maximum absolute atomic E-state index is 8.88. The number of rotatable bonds is 3. The van der Waals surface area contributed by atoms with E-state index in [2.05, 4.69) is 23.9 Å². The van der Waals surface area contributed by atoms with Gasteiger partial charge in [0.05, 0.1) is 0 Å². The van der Waals surface area contributed by atoms with E-state index >= 15 is 0 Å². The van der Waals surface area contributed by atoms with Crippen LogP contribution in [0.1, 0.15) is 25.8 Å². The molecule has 1 fully saturated rings. The van der Waals surface area contributed by atoms with Crippen molar-refractivity contribution in [1.29, 1.82) is 0 Å². The number of oxime groups is 1. The molecule has 0 bridgehead atoms. The van der Waals surface area contributed by atoms with Crippen LogP contribution >= 0.6 is 11.6 Å². The zero-order valence-corrected chi connectivity index (χ0v) is 12.1. The Bertz CT molecular complexity index is 488. The minimum absolute atomic E-state index is 0.125. The molecule has 3 N–H and O–H groups in total. The molecule has 1 aromatic carbocycles. The van der Waals surface area contributed by atoms with Crippen molar-refractivity contribution in [3.63, 3.8) is 0 Å². The highest BCUT2D eigenvalue weighted by Gasteiger charge is 2.27. The summed E-state index contributed by atoms with van der Waals surface area (Å²) < 4.78 is 0. The Morgan fingerprint density at radius 3 is 2.84 bits per heavy atom. The second kappa shape index (κ2) is 5.70. The Balaban J connectivity index is 2.31. The molecule has 2 rings (SSSR count). The molecule has 1 aromatic rings. The van der Waals surface area contributed by atoms with Crippen molar-refractivity contribution in [2.24, 2.45) is 22.7 Å². The molecule has 19 heavy (non-hydrogen) atoms. The van der Waals surface area contributed by atoms with Gasteiger partial charge in [-0.05, 0) is 36.5 Å². The summed E-state index contributed by atoms with van der Waals surface area (Å²) in [4.78, 5) is 2.27. The van der Waals surface area contributed by atoms with Crippen LogP contribution in [0.5, 0.6) is 0 Å². The van der Waals surface area contributed by atoms with E-state index < -0.39 is 0 Å². The average Bonchev–Trinajstić information content (AvgIpc) is 2.87. The molecular weight excluding hydrogens is 262 g/mol. The molecule has 1 aliphatic heterocycles. The van der Waals surface area contributed by atoms with E-state index in [1.807, 2.05) is 6.07 Å². The van der Waals surface area contributed by atoms with Crippen LogP contribution in [0.3, 0.4) is 0 Å². The number of hydrogen-bond acceptors (Lipinski definition) is 3. The first-order valence-corrected chi connectivity index (χ1v) is 6.93. The lowest BCUT2D eigenvalue weighted by molar-refractivity contribution is 0.318. The topological polar surface area (TPSA) is 61.8 Å². The molecular formula is C14H20ClN3O. The van der Waals surface area contributed by atoms with Gasteiger partial charge in [-0.3, -0.25) is 0 Å². The van der Waals surface area contributed by atoms with Crippen molar-refractivity contribution in [2.45, 2.75) is 20.3 Å². The summed E-state index contributed by atoms with van der Waals surface area (Å²) in [7, 11) is 0. The molecule has 0 spiro atoms. The quantitative estimate of drug-likeness (QED) is 0.388. The van der Waals surface area contributed by atoms with Crippen LogP contribution in [-0.2, 0) is 0 Å². The second-order valence-corrected chi connectivity index (χ2v) is 5.82. The highest BCUT2D eigenvalue weighted by atomic mass is 35.5. The molecule has 0 saturated carbocycles. The average molecular weight is 282 g/mol. The normalized spacial score (nSPS) is 20.3. The van der Waals surface area contributed by atoms with Gasteiger partial charge in [-0.2, -0.15) is 0 Å². The third kappa shape index (κ3) is 2.95. The number of nitrogens with two attached hydrogens (primary N) is 1. The number of hydrogen-bond donors (Lipinski definition) is 2. The lowest BCUT2D eigenvalue weighted by Gasteiger charge is -2.23. The predicted octanol–water partition coefficient (Wildman–Crippen LogP) is 2.92. The molecule has 1 saturated heterocycles. The van der Waals surface area contributed by atoms with E-state index in [4.69, 9.17) is 22.5 Å². The molecule has 1 heterocycles. The first kappa shape index (κ1) is 14.0. The van der Waals surface area contributed by atoms with Gasteiger partial charge in [0, 0.05) is 29.4 Å². The molecule has 0 aromatic heterocycles. The first-order valence-electron chi connectivity index (χ1n) is 6.55. The minimum atomic E-state index is 0.125. The third-order valence-corrected chi connectivity index (χ3v) is 4.09. The van der Waals surface area contributed by atoms with E-state index in [0.717, 1.165) is 24.3 Å². The van der Waals surface area contributed by atoms with Gasteiger partial charge in [0.1, 0.15) is 0 Å². The van der Waals surface area contributed by atoms with Crippen LogP contribution in [0.15, 0.2) is 23.4 Å². The van der Waals surface area contributed by atoms with Gasteiger partial charge in [0.15, 0.2) is 5.84 Å². The summed E-state index contributed by atoms with van der Waals surface area (Å²) in [5, 5.41) is 12.6. The van der Waals surface area contributed by atoms with Crippen LogP contribution in [0, 0.1) is 11.8 Å². The predicted molar refractivity (Wildman–Crippen MR) is 79.1 cm³/mol. The Morgan fingerprint density at radius 2 is 2.26 bits per heavy atom. The molecule has 1 aliphatic rings. The van der Waals surface area contributed by atoms with Gasteiger partial charge in [-0.25, -0.2) is 0 Å². The van der Waals surface area contributed by atoms with Gasteiger partial charge in [0.2, 0.25) is 0 Å².